The van der Waals surface area contributed by atoms with Crippen LogP contribution >= 0.6 is 0 Å². The van der Waals surface area contributed by atoms with Crippen LogP contribution < -0.4 is 10.6 Å². The smallest absolute Gasteiger partial charge is 0.435 e. The van der Waals surface area contributed by atoms with Crippen molar-refractivity contribution in [3.8, 4) is 0 Å². The zero-order valence-electron chi connectivity index (χ0n) is 14.1. The number of anilines is 1. The summed E-state index contributed by atoms with van der Waals surface area (Å²) in [6, 6.07) is 5.19. The lowest BCUT2D eigenvalue weighted by atomic mass is 10.2. The van der Waals surface area contributed by atoms with Gasteiger partial charge in [0.2, 0.25) is 5.91 Å². The highest BCUT2D eigenvalue weighted by molar-refractivity contribution is 6.04. The first kappa shape index (κ1) is 16.4. The molecule has 0 saturated carbocycles. The summed E-state index contributed by atoms with van der Waals surface area (Å²) < 4.78 is 6.57. The third-order valence-electron chi connectivity index (χ3n) is 3.81. The molecule has 0 aliphatic carbocycles. The van der Waals surface area contributed by atoms with E-state index in [0.717, 1.165) is 19.4 Å². The Morgan fingerprint density at radius 2 is 2.17 bits per heavy atom. The van der Waals surface area contributed by atoms with Gasteiger partial charge in [0, 0.05) is 5.39 Å². The lowest BCUT2D eigenvalue weighted by Gasteiger charge is -2.19. The van der Waals surface area contributed by atoms with Crippen LogP contribution in [0.4, 0.5) is 10.5 Å². The average Bonchev–Trinajstić information content (AvgIpc) is 3.15. The van der Waals surface area contributed by atoms with E-state index in [9.17, 15) is 9.59 Å². The number of hydrogen-bond acceptors (Lipinski definition) is 5. The van der Waals surface area contributed by atoms with E-state index in [-0.39, 0.29) is 11.9 Å². The molecular formula is C17H22N4O3. The number of carbonyl (C=O) groups is 2. The Hall–Kier alpha value is -2.41. The summed E-state index contributed by atoms with van der Waals surface area (Å²) in [7, 11) is 0. The fraction of sp³-hybridized carbons (Fsp3) is 0.471. The van der Waals surface area contributed by atoms with Gasteiger partial charge in [0.25, 0.3) is 0 Å². The molecule has 2 aromatic rings. The highest BCUT2D eigenvalue weighted by Gasteiger charge is 2.24. The summed E-state index contributed by atoms with van der Waals surface area (Å²) in [4.78, 5) is 24.6. The van der Waals surface area contributed by atoms with Crippen molar-refractivity contribution >= 4 is 28.6 Å². The van der Waals surface area contributed by atoms with Crippen molar-refractivity contribution in [3.63, 3.8) is 0 Å². The van der Waals surface area contributed by atoms with E-state index in [0.29, 0.717) is 16.6 Å². The van der Waals surface area contributed by atoms with Gasteiger partial charge in [-0.05, 0) is 52.3 Å². The summed E-state index contributed by atoms with van der Waals surface area (Å²) in [5, 5.41) is 10.9. The van der Waals surface area contributed by atoms with E-state index < -0.39 is 11.7 Å². The molecule has 3 rings (SSSR count). The molecule has 2 N–H and O–H groups in total. The Bertz CT molecular complexity index is 770. The molecule has 0 spiro atoms. The molecule has 24 heavy (non-hydrogen) atoms. The predicted molar refractivity (Wildman–Crippen MR) is 91.0 cm³/mol. The largest absolute Gasteiger partial charge is 0.442 e. The molecule has 0 radical (unpaired) electrons. The standard InChI is InChI=1S/C17H22N4O3/c1-17(2,3)24-16(23)21-14-8-4-6-12(11(14)10-19-21)20-15(22)13-7-5-9-18-13/h4,6,8,10,13,18H,5,7,9H2,1-3H3,(H,20,22)/t13-/m1/s1. The number of ether oxygens (including phenoxy) is 1. The van der Waals surface area contributed by atoms with E-state index >= 15 is 0 Å². The normalized spacial score (nSPS) is 17.9. The maximum atomic E-state index is 12.3. The molecular weight excluding hydrogens is 308 g/mol. The van der Waals surface area contributed by atoms with Crippen LogP contribution in [0.3, 0.4) is 0 Å². The third-order valence-corrected chi connectivity index (χ3v) is 3.81. The molecule has 1 atom stereocenters. The lowest BCUT2D eigenvalue weighted by Crippen LogP contribution is -2.35. The number of hydrogen-bond donors (Lipinski definition) is 2. The van der Waals surface area contributed by atoms with Gasteiger partial charge in [-0.3, -0.25) is 4.79 Å². The van der Waals surface area contributed by atoms with Crippen molar-refractivity contribution in [1.29, 1.82) is 0 Å². The van der Waals surface area contributed by atoms with E-state index in [2.05, 4.69) is 15.7 Å². The number of nitrogens with one attached hydrogen (secondary N) is 2. The van der Waals surface area contributed by atoms with Crippen LogP contribution in [-0.2, 0) is 9.53 Å². The molecule has 7 nitrogen and oxygen atoms in total. The quantitative estimate of drug-likeness (QED) is 0.884. The van der Waals surface area contributed by atoms with Crippen LogP contribution in [0.15, 0.2) is 24.4 Å². The molecule has 128 valence electrons. The SMILES string of the molecule is CC(C)(C)OC(=O)n1ncc2c(NC(=O)[C@H]3CCCN3)cccc21. The van der Waals surface area contributed by atoms with E-state index in [4.69, 9.17) is 4.74 Å². The molecule has 1 saturated heterocycles. The summed E-state index contributed by atoms with van der Waals surface area (Å²) in [5.41, 5.74) is 0.637. The molecule has 7 heteroatoms. The molecule has 1 aliphatic heterocycles. The predicted octanol–water partition coefficient (Wildman–Crippen LogP) is 2.51. The summed E-state index contributed by atoms with van der Waals surface area (Å²) in [5.74, 6) is -0.0648. The molecule has 0 bridgehead atoms. The van der Waals surface area contributed by atoms with Gasteiger partial charge in [0.15, 0.2) is 0 Å². The van der Waals surface area contributed by atoms with E-state index in [1.54, 1.807) is 45.2 Å². The number of nitrogens with zero attached hydrogens (tertiary/aromatic N) is 2. The molecule has 1 aromatic heterocycles. The van der Waals surface area contributed by atoms with Crippen molar-refractivity contribution in [3.05, 3.63) is 24.4 Å². The van der Waals surface area contributed by atoms with E-state index in [1.807, 2.05) is 0 Å². The minimum atomic E-state index is -0.602. The minimum absolute atomic E-state index is 0.0648. The summed E-state index contributed by atoms with van der Waals surface area (Å²) in [6.07, 6.45) is 2.85. The first-order chi connectivity index (χ1) is 11.3. The fourth-order valence-electron chi connectivity index (χ4n) is 2.74. The zero-order valence-corrected chi connectivity index (χ0v) is 14.1. The molecule has 1 fully saturated rings. The van der Waals surface area contributed by atoms with Crippen LogP contribution in [0.1, 0.15) is 33.6 Å². The monoisotopic (exact) mass is 330 g/mol. The van der Waals surface area contributed by atoms with Gasteiger partial charge in [0.1, 0.15) is 5.60 Å². The second-order valence-electron chi connectivity index (χ2n) is 6.91. The highest BCUT2D eigenvalue weighted by atomic mass is 16.6. The fourth-order valence-corrected chi connectivity index (χ4v) is 2.74. The Balaban J connectivity index is 1.86. The van der Waals surface area contributed by atoms with Gasteiger partial charge in [-0.1, -0.05) is 6.07 Å². The van der Waals surface area contributed by atoms with Crippen molar-refractivity contribution in [2.24, 2.45) is 0 Å². The maximum Gasteiger partial charge on any atom is 0.435 e. The van der Waals surface area contributed by atoms with E-state index in [1.165, 1.54) is 4.68 Å². The first-order valence-electron chi connectivity index (χ1n) is 8.09. The Morgan fingerprint density at radius 1 is 1.38 bits per heavy atom. The molecule has 0 unspecified atom stereocenters. The Kier molecular flexibility index (Phi) is 4.28. The lowest BCUT2D eigenvalue weighted by molar-refractivity contribution is -0.117. The second kappa shape index (κ2) is 6.24. The Morgan fingerprint density at radius 3 is 2.83 bits per heavy atom. The van der Waals surface area contributed by atoms with Gasteiger partial charge in [0.05, 0.1) is 23.4 Å². The first-order valence-corrected chi connectivity index (χ1v) is 8.09. The highest BCUT2D eigenvalue weighted by Crippen LogP contribution is 2.24. The zero-order chi connectivity index (χ0) is 17.3. The number of benzene rings is 1. The van der Waals surface area contributed by atoms with Gasteiger partial charge < -0.3 is 15.4 Å². The molecule has 1 aromatic carbocycles. The minimum Gasteiger partial charge on any atom is -0.442 e. The second-order valence-corrected chi connectivity index (χ2v) is 6.91. The number of aromatic nitrogens is 2. The topological polar surface area (TPSA) is 85.2 Å². The van der Waals surface area contributed by atoms with Crippen molar-refractivity contribution in [2.45, 2.75) is 45.3 Å². The van der Waals surface area contributed by atoms with Crippen LogP contribution in [0, 0.1) is 0 Å². The number of fused-ring (bicyclic) bond motifs is 1. The summed E-state index contributed by atoms with van der Waals surface area (Å²) >= 11 is 0. The number of rotatable bonds is 2. The van der Waals surface area contributed by atoms with Crippen LogP contribution in [-0.4, -0.2) is 40.0 Å². The molecule has 1 amide bonds. The maximum absolute atomic E-state index is 12.3. The van der Waals surface area contributed by atoms with Crippen molar-refractivity contribution < 1.29 is 14.3 Å². The van der Waals surface area contributed by atoms with Crippen molar-refractivity contribution in [1.82, 2.24) is 15.1 Å². The number of amides is 1. The molecule has 1 aliphatic rings. The van der Waals surface area contributed by atoms with Gasteiger partial charge >= 0.3 is 6.09 Å². The van der Waals surface area contributed by atoms with Gasteiger partial charge in [-0.25, -0.2) is 4.79 Å². The average molecular weight is 330 g/mol. The third kappa shape index (κ3) is 3.41. The van der Waals surface area contributed by atoms with Crippen molar-refractivity contribution in [2.75, 3.05) is 11.9 Å². The van der Waals surface area contributed by atoms with Crippen LogP contribution in [0.2, 0.25) is 0 Å². The summed E-state index contributed by atoms with van der Waals surface area (Å²) in [6.45, 7) is 6.27. The number of carbonyl (C=O) groups excluding carboxylic acids is 2. The Labute approximate surface area is 140 Å². The molecule has 2 heterocycles. The van der Waals surface area contributed by atoms with Gasteiger partial charge in [-0.2, -0.15) is 9.78 Å². The van der Waals surface area contributed by atoms with Gasteiger partial charge in [-0.15, -0.1) is 0 Å². The van der Waals surface area contributed by atoms with Crippen LogP contribution in [0.5, 0.6) is 0 Å². The van der Waals surface area contributed by atoms with Crippen LogP contribution in [0.25, 0.3) is 10.9 Å².